The Hall–Kier alpha value is -1.46. The lowest BCUT2D eigenvalue weighted by Crippen LogP contribution is -2.41. The molecular weight excluding hydrogens is 261 g/mol. The van der Waals surface area contributed by atoms with Gasteiger partial charge < -0.3 is 14.7 Å². The molecule has 0 spiro atoms. The summed E-state index contributed by atoms with van der Waals surface area (Å²) in [5.41, 5.74) is 1.15. The maximum atomic E-state index is 13.3. The van der Waals surface area contributed by atoms with Crippen molar-refractivity contribution in [3.63, 3.8) is 0 Å². The van der Waals surface area contributed by atoms with E-state index in [9.17, 15) is 9.18 Å². The van der Waals surface area contributed by atoms with Gasteiger partial charge in [0.25, 0.3) is 5.91 Å². The second kappa shape index (κ2) is 6.81. The number of carbonyl (C=O) groups excluding carboxylic acids is 1. The minimum atomic E-state index is -0.380. The number of rotatable bonds is 4. The van der Waals surface area contributed by atoms with Gasteiger partial charge in [-0.25, -0.2) is 4.39 Å². The third-order valence-corrected chi connectivity index (χ3v) is 3.46. The normalized spacial score (nSPS) is 16.4. The Morgan fingerprint density at radius 1 is 1.40 bits per heavy atom. The number of halogens is 1. The average Bonchev–Trinajstić information content (AvgIpc) is 2.44. The highest BCUT2D eigenvalue weighted by Crippen LogP contribution is 2.17. The molecule has 0 bridgehead atoms. The van der Waals surface area contributed by atoms with Crippen LogP contribution in [0.3, 0.4) is 0 Å². The van der Waals surface area contributed by atoms with Crippen LogP contribution in [0, 0.1) is 12.7 Å². The van der Waals surface area contributed by atoms with Crippen LogP contribution < -0.4 is 0 Å². The van der Waals surface area contributed by atoms with Gasteiger partial charge in [0.15, 0.2) is 0 Å². The van der Waals surface area contributed by atoms with Crippen molar-refractivity contribution < 1.29 is 19.0 Å². The molecule has 0 aliphatic carbocycles. The van der Waals surface area contributed by atoms with Crippen LogP contribution >= 0.6 is 0 Å². The first-order valence-corrected chi connectivity index (χ1v) is 6.89. The molecule has 1 fully saturated rings. The van der Waals surface area contributed by atoms with Crippen LogP contribution in [0.2, 0.25) is 0 Å². The average molecular weight is 281 g/mol. The Morgan fingerprint density at radius 3 is 2.70 bits per heavy atom. The van der Waals surface area contributed by atoms with E-state index in [1.54, 1.807) is 17.9 Å². The van der Waals surface area contributed by atoms with Crippen LogP contribution in [-0.2, 0) is 4.74 Å². The standard InChI is InChI=1S/C15H20FNO3/c1-11-8-12(10-13(16)9-11)15(19)17-4-2-14(3-5-17)20-7-6-18/h8-10,14,18H,2-7H2,1H3. The number of hydrogen-bond donors (Lipinski definition) is 1. The SMILES string of the molecule is Cc1cc(F)cc(C(=O)N2CCC(OCCO)CC2)c1. The largest absolute Gasteiger partial charge is 0.394 e. The van der Waals surface area contributed by atoms with Gasteiger partial charge in [-0.05, 0) is 43.5 Å². The van der Waals surface area contributed by atoms with Crippen molar-refractivity contribution in [1.29, 1.82) is 0 Å². The van der Waals surface area contributed by atoms with Gasteiger partial charge in [0.1, 0.15) is 5.82 Å². The van der Waals surface area contributed by atoms with E-state index in [4.69, 9.17) is 9.84 Å². The molecule has 0 saturated carbocycles. The van der Waals surface area contributed by atoms with Crippen molar-refractivity contribution in [1.82, 2.24) is 4.90 Å². The van der Waals surface area contributed by atoms with Crippen molar-refractivity contribution in [2.45, 2.75) is 25.9 Å². The zero-order valence-corrected chi connectivity index (χ0v) is 11.6. The predicted molar refractivity (Wildman–Crippen MR) is 73.1 cm³/mol. The van der Waals surface area contributed by atoms with E-state index >= 15 is 0 Å². The Morgan fingerprint density at radius 2 is 2.10 bits per heavy atom. The summed E-state index contributed by atoms with van der Waals surface area (Å²) in [5.74, 6) is -0.511. The highest BCUT2D eigenvalue weighted by atomic mass is 19.1. The Balaban J connectivity index is 1.94. The van der Waals surface area contributed by atoms with Gasteiger partial charge in [0.05, 0.1) is 19.3 Å². The second-order valence-corrected chi connectivity index (χ2v) is 5.10. The van der Waals surface area contributed by atoms with Gasteiger partial charge >= 0.3 is 0 Å². The molecule has 110 valence electrons. The minimum absolute atomic E-state index is 0.0156. The van der Waals surface area contributed by atoms with Crippen LogP contribution in [0.25, 0.3) is 0 Å². The van der Waals surface area contributed by atoms with Crippen molar-refractivity contribution in [2.24, 2.45) is 0 Å². The number of carbonyl (C=O) groups is 1. The first-order chi connectivity index (χ1) is 9.60. The number of aliphatic hydroxyl groups is 1. The highest BCUT2D eigenvalue weighted by Gasteiger charge is 2.24. The summed E-state index contributed by atoms with van der Waals surface area (Å²) < 4.78 is 18.8. The molecule has 20 heavy (non-hydrogen) atoms. The number of likely N-dealkylation sites (tertiary alicyclic amines) is 1. The van der Waals surface area contributed by atoms with Gasteiger partial charge in [-0.15, -0.1) is 0 Å². The molecule has 1 amide bonds. The summed E-state index contributed by atoms with van der Waals surface area (Å²) in [6.07, 6.45) is 1.60. The van der Waals surface area contributed by atoms with Gasteiger partial charge in [-0.2, -0.15) is 0 Å². The predicted octanol–water partition coefficient (Wildman–Crippen LogP) is 1.75. The summed E-state index contributed by atoms with van der Waals surface area (Å²) in [4.78, 5) is 14.0. The van der Waals surface area contributed by atoms with Gasteiger partial charge in [-0.1, -0.05) is 0 Å². The van der Waals surface area contributed by atoms with Crippen LogP contribution in [0.5, 0.6) is 0 Å². The summed E-state index contributed by atoms with van der Waals surface area (Å²) in [6.45, 7) is 3.33. The number of aliphatic hydroxyl groups excluding tert-OH is 1. The second-order valence-electron chi connectivity index (χ2n) is 5.10. The maximum Gasteiger partial charge on any atom is 0.253 e. The lowest BCUT2D eigenvalue weighted by Gasteiger charge is -2.32. The van der Waals surface area contributed by atoms with Crippen LogP contribution in [0.1, 0.15) is 28.8 Å². The summed E-state index contributed by atoms with van der Waals surface area (Å²) >= 11 is 0. The smallest absolute Gasteiger partial charge is 0.253 e. The van der Waals surface area contributed by atoms with Gasteiger partial charge in [0, 0.05) is 18.7 Å². The Kier molecular flexibility index (Phi) is 5.09. The topological polar surface area (TPSA) is 49.8 Å². The Bertz CT molecular complexity index is 450. The molecule has 1 heterocycles. The molecule has 0 unspecified atom stereocenters. The van der Waals surface area contributed by atoms with E-state index in [0.717, 1.165) is 18.4 Å². The molecule has 5 heteroatoms. The maximum absolute atomic E-state index is 13.3. The molecule has 1 aliphatic rings. The monoisotopic (exact) mass is 281 g/mol. The van der Waals surface area contributed by atoms with E-state index in [2.05, 4.69) is 0 Å². The summed E-state index contributed by atoms with van der Waals surface area (Å²) in [7, 11) is 0. The van der Waals surface area contributed by atoms with Crippen molar-refractivity contribution in [3.05, 3.63) is 35.1 Å². The van der Waals surface area contributed by atoms with E-state index in [0.29, 0.717) is 25.3 Å². The van der Waals surface area contributed by atoms with E-state index in [-0.39, 0.29) is 24.4 Å². The lowest BCUT2D eigenvalue weighted by molar-refractivity contribution is -0.00555. The van der Waals surface area contributed by atoms with Crippen molar-refractivity contribution >= 4 is 5.91 Å². The Labute approximate surface area is 118 Å². The first-order valence-electron chi connectivity index (χ1n) is 6.89. The first kappa shape index (κ1) is 14.9. The fraction of sp³-hybridized carbons (Fsp3) is 0.533. The van der Waals surface area contributed by atoms with E-state index in [1.165, 1.54) is 12.1 Å². The number of piperidine rings is 1. The molecule has 1 aromatic rings. The minimum Gasteiger partial charge on any atom is -0.394 e. The number of aryl methyl sites for hydroxylation is 1. The van der Waals surface area contributed by atoms with Crippen molar-refractivity contribution in [2.75, 3.05) is 26.3 Å². The molecule has 0 aromatic heterocycles. The number of amides is 1. The molecular formula is C15H20FNO3. The van der Waals surface area contributed by atoms with Crippen LogP contribution in [0.4, 0.5) is 4.39 Å². The fourth-order valence-electron chi connectivity index (χ4n) is 2.49. The van der Waals surface area contributed by atoms with Crippen LogP contribution in [0.15, 0.2) is 18.2 Å². The zero-order valence-electron chi connectivity index (χ0n) is 11.6. The molecule has 1 N–H and O–H groups in total. The third-order valence-electron chi connectivity index (χ3n) is 3.46. The number of benzene rings is 1. The molecule has 1 aliphatic heterocycles. The molecule has 4 nitrogen and oxygen atoms in total. The molecule has 1 aromatic carbocycles. The zero-order chi connectivity index (χ0) is 14.5. The molecule has 0 radical (unpaired) electrons. The summed E-state index contributed by atoms with van der Waals surface area (Å²) in [6, 6.07) is 4.40. The van der Waals surface area contributed by atoms with Gasteiger partial charge in [-0.3, -0.25) is 4.79 Å². The van der Waals surface area contributed by atoms with Gasteiger partial charge in [0.2, 0.25) is 0 Å². The third kappa shape index (κ3) is 3.77. The highest BCUT2D eigenvalue weighted by molar-refractivity contribution is 5.94. The molecule has 1 saturated heterocycles. The summed E-state index contributed by atoms with van der Waals surface area (Å²) in [5, 5.41) is 8.71. The number of hydrogen-bond acceptors (Lipinski definition) is 3. The van der Waals surface area contributed by atoms with Crippen LogP contribution in [-0.4, -0.2) is 48.3 Å². The fourth-order valence-corrected chi connectivity index (χ4v) is 2.49. The van der Waals surface area contributed by atoms with E-state index < -0.39 is 0 Å². The van der Waals surface area contributed by atoms with E-state index in [1.807, 2.05) is 0 Å². The molecule has 0 atom stereocenters. The van der Waals surface area contributed by atoms with Crippen molar-refractivity contribution in [3.8, 4) is 0 Å². The lowest BCUT2D eigenvalue weighted by atomic mass is 10.1. The number of ether oxygens (including phenoxy) is 1. The number of nitrogens with zero attached hydrogens (tertiary/aromatic N) is 1. The quantitative estimate of drug-likeness (QED) is 0.914. The molecule has 2 rings (SSSR count).